The normalized spacial score (nSPS) is 19.1. The third kappa shape index (κ3) is 8.13. The number of rotatable bonds is 6. The zero-order valence-electron chi connectivity index (χ0n) is 22.4. The van der Waals surface area contributed by atoms with Crippen molar-refractivity contribution in [1.29, 1.82) is 0 Å². The maximum absolute atomic E-state index is 12.8. The number of allylic oxidation sites excluding steroid dienone is 3. The van der Waals surface area contributed by atoms with E-state index in [1.54, 1.807) is 6.08 Å². The van der Waals surface area contributed by atoms with Gasteiger partial charge >= 0.3 is 5.97 Å². The number of fused-ring (bicyclic) bond motifs is 1. The van der Waals surface area contributed by atoms with Crippen LogP contribution < -0.4 is 5.48 Å². The number of carbonyl (C=O) groups excluding carboxylic acids is 2. The quantitative estimate of drug-likeness (QED) is 0.239. The van der Waals surface area contributed by atoms with Crippen LogP contribution in [-0.2, 0) is 20.8 Å². The van der Waals surface area contributed by atoms with Crippen LogP contribution in [0.4, 0.5) is 0 Å². The molecule has 1 amide bonds. The van der Waals surface area contributed by atoms with E-state index in [2.05, 4.69) is 29.7 Å². The molecule has 2 aromatic carbocycles. The highest BCUT2D eigenvalue weighted by molar-refractivity contribution is 6.34. The van der Waals surface area contributed by atoms with Gasteiger partial charge in [0, 0.05) is 24.7 Å². The van der Waals surface area contributed by atoms with Gasteiger partial charge in [-0.05, 0) is 62.2 Å². The van der Waals surface area contributed by atoms with E-state index >= 15 is 0 Å². The summed E-state index contributed by atoms with van der Waals surface area (Å²) in [6.07, 6.45) is 14.0. The van der Waals surface area contributed by atoms with Crippen molar-refractivity contribution in [1.82, 2.24) is 10.4 Å². The molecule has 0 radical (unpaired) electrons. The van der Waals surface area contributed by atoms with Gasteiger partial charge in [0.05, 0.1) is 17.3 Å². The summed E-state index contributed by atoms with van der Waals surface area (Å²) in [6.45, 7) is 1.30. The molecule has 2 aliphatic heterocycles. The Hall–Kier alpha value is -3.75. The number of phenolic OH excluding ortho intramolecular Hbond substituents is 2. The molecule has 0 spiro atoms. The molecule has 1 saturated heterocycles. The van der Waals surface area contributed by atoms with Crippen molar-refractivity contribution in [3.8, 4) is 11.5 Å². The molecule has 0 aliphatic carbocycles. The molecule has 0 saturated carbocycles. The van der Waals surface area contributed by atoms with Gasteiger partial charge in [-0.1, -0.05) is 60.2 Å². The summed E-state index contributed by atoms with van der Waals surface area (Å²) in [5, 5.41) is 20.5. The second kappa shape index (κ2) is 14.6. The summed E-state index contributed by atoms with van der Waals surface area (Å²) < 4.78 is 5.31. The average molecular weight is 567 g/mol. The number of nitrogens with one attached hydrogen (secondary N) is 1. The first-order chi connectivity index (χ1) is 19.4. The fourth-order valence-electron chi connectivity index (χ4n) is 4.80. The van der Waals surface area contributed by atoms with Gasteiger partial charge in [0.15, 0.2) is 6.61 Å². The number of cyclic esters (lactones) is 1. The molecule has 3 N–H and O–H groups in total. The van der Waals surface area contributed by atoms with E-state index in [9.17, 15) is 19.8 Å². The number of piperidine rings is 1. The van der Waals surface area contributed by atoms with Gasteiger partial charge in [-0.25, -0.2) is 4.79 Å². The molecule has 0 unspecified atom stereocenters. The number of nitrogens with zero attached hydrogens (tertiary/aromatic N) is 1. The summed E-state index contributed by atoms with van der Waals surface area (Å²) in [4.78, 5) is 33.0. The number of esters is 1. The van der Waals surface area contributed by atoms with Crippen molar-refractivity contribution in [3.05, 3.63) is 88.1 Å². The minimum atomic E-state index is -0.772. The molecule has 0 atom stereocenters. The van der Waals surface area contributed by atoms with Crippen molar-refractivity contribution in [2.75, 3.05) is 26.3 Å². The number of phenols is 2. The van der Waals surface area contributed by atoms with Gasteiger partial charge in [-0.3, -0.25) is 15.1 Å². The number of hydroxylamine groups is 1. The van der Waals surface area contributed by atoms with Gasteiger partial charge in [0.2, 0.25) is 0 Å². The first-order valence-corrected chi connectivity index (χ1v) is 13.9. The Labute approximate surface area is 239 Å². The molecule has 0 aromatic heterocycles. The molecule has 1 fully saturated rings. The summed E-state index contributed by atoms with van der Waals surface area (Å²) >= 11 is 6.34. The highest BCUT2D eigenvalue weighted by Crippen LogP contribution is 2.38. The molecule has 9 heteroatoms. The molecule has 40 heavy (non-hydrogen) atoms. The predicted octanol–water partition coefficient (Wildman–Crippen LogP) is 5.55. The summed E-state index contributed by atoms with van der Waals surface area (Å²) in [6, 6.07) is 11.4. The second-order valence-corrected chi connectivity index (χ2v) is 10.3. The van der Waals surface area contributed by atoms with Crippen LogP contribution in [0.5, 0.6) is 11.5 Å². The standard InChI is InChI=1S/C31H35ClN2O6/c32-30-25-19-24(12-8-3-1-2-4-9-17-39-31(38)29(25)26(35)20-27(30)36)33-40-21-28(37)34-15-13-23(14-16-34)18-22-10-6-5-7-11-22/h2,4-8,10-12,19-20,23,33,35-36H,1,3,9,13-18,21H2/b4-2?,12-8+,24-19-. The van der Waals surface area contributed by atoms with E-state index < -0.39 is 11.7 Å². The number of amides is 1. The van der Waals surface area contributed by atoms with Crippen LogP contribution in [0, 0.1) is 5.92 Å². The number of carbonyl (C=O) groups is 2. The monoisotopic (exact) mass is 566 g/mol. The van der Waals surface area contributed by atoms with E-state index in [0.717, 1.165) is 38.2 Å². The van der Waals surface area contributed by atoms with Gasteiger partial charge in [0.25, 0.3) is 5.91 Å². The Kier molecular flexibility index (Phi) is 10.7. The van der Waals surface area contributed by atoms with Crippen molar-refractivity contribution in [2.24, 2.45) is 5.92 Å². The average Bonchev–Trinajstić information content (AvgIpc) is 2.95. The number of halogens is 1. The molecule has 8 nitrogen and oxygen atoms in total. The predicted molar refractivity (Wildman–Crippen MR) is 154 cm³/mol. The molecule has 0 bridgehead atoms. The van der Waals surface area contributed by atoms with Crippen LogP contribution >= 0.6 is 11.6 Å². The number of hydrogen-bond acceptors (Lipinski definition) is 7. The molecule has 4 rings (SSSR count). The topological polar surface area (TPSA) is 108 Å². The van der Waals surface area contributed by atoms with Gasteiger partial charge in [-0.15, -0.1) is 0 Å². The number of aromatic hydroxyl groups is 2. The zero-order chi connectivity index (χ0) is 28.3. The first kappa shape index (κ1) is 29.2. The van der Waals surface area contributed by atoms with E-state index in [0.29, 0.717) is 31.1 Å². The Bertz CT molecular complexity index is 1270. The van der Waals surface area contributed by atoms with Gasteiger partial charge in [0.1, 0.15) is 17.1 Å². The van der Waals surface area contributed by atoms with Gasteiger partial charge in [-0.2, -0.15) is 0 Å². The zero-order valence-corrected chi connectivity index (χ0v) is 23.1. The van der Waals surface area contributed by atoms with E-state index in [1.165, 1.54) is 11.6 Å². The minimum Gasteiger partial charge on any atom is -0.507 e. The molecule has 2 aliphatic rings. The van der Waals surface area contributed by atoms with Crippen LogP contribution in [0.1, 0.15) is 53.6 Å². The van der Waals surface area contributed by atoms with E-state index in [4.69, 9.17) is 21.2 Å². The smallest absolute Gasteiger partial charge is 0.342 e. The number of benzene rings is 2. The lowest BCUT2D eigenvalue weighted by Crippen LogP contribution is -2.41. The first-order valence-electron chi connectivity index (χ1n) is 13.6. The summed E-state index contributed by atoms with van der Waals surface area (Å²) in [5.74, 6) is -1.20. The third-order valence-corrected chi connectivity index (χ3v) is 7.36. The summed E-state index contributed by atoms with van der Waals surface area (Å²) in [7, 11) is 0. The largest absolute Gasteiger partial charge is 0.507 e. The fraction of sp³-hybridized carbons (Fsp3) is 0.355. The number of hydrogen-bond donors (Lipinski definition) is 3. The maximum atomic E-state index is 12.8. The van der Waals surface area contributed by atoms with E-state index in [1.807, 2.05) is 29.2 Å². The van der Waals surface area contributed by atoms with Crippen LogP contribution in [0.25, 0.3) is 6.08 Å². The molecule has 2 aromatic rings. The maximum Gasteiger partial charge on any atom is 0.342 e. The lowest BCUT2D eigenvalue weighted by atomic mass is 9.90. The van der Waals surface area contributed by atoms with E-state index in [-0.39, 0.29) is 41.0 Å². The molecule has 2 heterocycles. The Morgan fingerprint density at radius 1 is 1.05 bits per heavy atom. The SMILES string of the molecule is O=C1OCCC=CCC/C=C/C(NOCC(=O)N2CCC(Cc3ccccc3)CC2)=C/c2c(Cl)c(O)cc(O)c21. The Morgan fingerprint density at radius 2 is 1.77 bits per heavy atom. The number of likely N-dealkylation sites (tertiary alicyclic amines) is 1. The van der Waals surface area contributed by atoms with Crippen molar-refractivity contribution < 1.29 is 29.4 Å². The highest BCUT2D eigenvalue weighted by atomic mass is 35.5. The van der Waals surface area contributed by atoms with Crippen molar-refractivity contribution in [2.45, 2.75) is 38.5 Å². The van der Waals surface area contributed by atoms with Crippen LogP contribution in [0.3, 0.4) is 0 Å². The van der Waals surface area contributed by atoms with Gasteiger partial charge < -0.3 is 19.8 Å². The van der Waals surface area contributed by atoms with Crippen LogP contribution in [0.2, 0.25) is 5.02 Å². The third-order valence-electron chi connectivity index (χ3n) is 6.97. The molecule has 212 valence electrons. The van der Waals surface area contributed by atoms with Crippen LogP contribution in [-0.4, -0.2) is 53.3 Å². The highest BCUT2D eigenvalue weighted by Gasteiger charge is 2.24. The summed E-state index contributed by atoms with van der Waals surface area (Å²) in [5.41, 5.74) is 4.35. The second-order valence-electron chi connectivity index (χ2n) is 9.90. The molecular formula is C31H35ClN2O6. The Balaban J connectivity index is 1.42. The molecular weight excluding hydrogens is 532 g/mol. The van der Waals surface area contributed by atoms with Crippen molar-refractivity contribution in [3.63, 3.8) is 0 Å². The minimum absolute atomic E-state index is 0.0688. The fourth-order valence-corrected chi connectivity index (χ4v) is 5.01. The van der Waals surface area contributed by atoms with Crippen LogP contribution in [0.15, 0.2) is 66.4 Å². The number of ether oxygens (including phenoxy) is 1. The Morgan fingerprint density at radius 3 is 2.55 bits per heavy atom. The van der Waals surface area contributed by atoms with Crippen molar-refractivity contribution >= 4 is 29.6 Å². The lowest BCUT2D eigenvalue weighted by molar-refractivity contribution is -0.139. The lowest BCUT2D eigenvalue weighted by Gasteiger charge is -2.32.